The first-order valence-corrected chi connectivity index (χ1v) is 11.8. The van der Waals surface area contributed by atoms with Gasteiger partial charge in [0.25, 0.3) is 10.0 Å². The normalized spacial score (nSPS) is 27.3. The Balaban J connectivity index is 1.68. The van der Waals surface area contributed by atoms with E-state index >= 15 is 0 Å². The maximum absolute atomic E-state index is 13.0. The third-order valence-corrected chi connectivity index (χ3v) is 7.46. The molecule has 2 aliphatic rings. The fourth-order valence-electron chi connectivity index (χ4n) is 4.18. The molecule has 2 fully saturated rings. The average molecular weight is 399 g/mol. The number of hydrogen-bond acceptors (Lipinski definition) is 5. The molecular formula is C19H34N4O3S. The first kappa shape index (κ1) is 20.8. The number of imidazole rings is 1. The summed E-state index contributed by atoms with van der Waals surface area (Å²) in [6, 6.07) is 0.146. The summed E-state index contributed by atoms with van der Waals surface area (Å²) in [7, 11) is -1.77. The summed E-state index contributed by atoms with van der Waals surface area (Å²) in [5.74, 6) is 0.204. The van der Waals surface area contributed by atoms with Crippen molar-refractivity contribution in [3.05, 3.63) is 12.5 Å². The molecule has 8 heteroatoms. The van der Waals surface area contributed by atoms with E-state index in [0.717, 1.165) is 38.8 Å². The first-order chi connectivity index (χ1) is 13.0. The predicted molar refractivity (Wildman–Crippen MR) is 105 cm³/mol. The van der Waals surface area contributed by atoms with Crippen molar-refractivity contribution in [2.45, 2.75) is 69.0 Å². The van der Waals surface area contributed by atoms with Crippen LogP contribution in [-0.4, -0.2) is 60.7 Å². The van der Waals surface area contributed by atoms with Crippen molar-refractivity contribution >= 4 is 10.0 Å². The number of nitrogens with zero attached hydrogens (tertiary/aromatic N) is 3. The lowest BCUT2D eigenvalue weighted by molar-refractivity contribution is -0.0227. The Hall–Kier alpha value is -0.960. The third kappa shape index (κ3) is 5.10. The van der Waals surface area contributed by atoms with Crippen molar-refractivity contribution in [1.82, 2.24) is 19.2 Å². The zero-order valence-electron chi connectivity index (χ0n) is 16.6. The number of sulfonamides is 1. The number of unbranched alkanes of at least 4 members (excludes halogenated alkanes) is 3. The van der Waals surface area contributed by atoms with E-state index in [1.54, 1.807) is 22.1 Å². The number of nitrogens with one attached hydrogen (secondary N) is 1. The van der Waals surface area contributed by atoms with Crippen LogP contribution in [0.25, 0.3) is 0 Å². The molecule has 0 saturated carbocycles. The van der Waals surface area contributed by atoms with Crippen LogP contribution in [-0.2, 0) is 21.8 Å². The second-order valence-corrected chi connectivity index (χ2v) is 9.77. The standard InChI is InChI=1S/C19H34N4O3S/c1-3-4-5-7-10-20-17-13-23(12-16(17)18-9-6-8-11-26-18)27(24,25)19-14-22(2)15-21-19/h14-18,20H,3-13H2,1-2H3/t16-,17-,18?/m0/s1. The third-order valence-electron chi connectivity index (χ3n) is 5.75. The largest absolute Gasteiger partial charge is 0.378 e. The van der Waals surface area contributed by atoms with Crippen LogP contribution < -0.4 is 5.32 Å². The van der Waals surface area contributed by atoms with Crippen LogP contribution in [0.3, 0.4) is 0 Å². The Morgan fingerprint density at radius 2 is 2.11 bits per heavy atom. The number of aryl methyl sites for hydroxylation is 1. The summed E-state index contributed by atoms with van der Waals surface area (Å²) < 4.78 is 35.3. The minimum Gasteiger partial charge on any atom is -0.378 e. The minimum atomic E-state index is -3.56. The van der Waals surface area contributed by atoms with E-state index in [1.807, 2.05) is 0 Å². The van der Waals surface area contributed by atoms with Crippen LogP contribution in [0, 0.1) is 5.92 Å². The summed E-state index contributed by atoms with van der Waals surface area (Å²) >= 11 is 0. The topological polar surface area (TPSA) is 76.5 Å². The zero-order valence-corrected chi connectivity index (χ0v) is 17.5. The van der Waals surface area contributed by atoms with Gasteiger partial charge in [0.15, 0.2) is 5.03 Å². The summed E-state index contributed by atoms with van der Waals surface area (Å²) in [6.07, 6.45) is 11.4. The van der Waals surface area contributed by atoms with E-state index in [1.165, 1.54) is 25.6 Å². The number of aromatic nitrogens is 2. The first-order valence-electron chi connectivity index (χ1n) is 10.4. The van der Waals surface area contributed by atoms with Gasteiger partial charge in [0, 0.05) is 44.9 Å². The van der Waals surface area contributed by atoms with Gasteiger partial charge in [-0.3, -0.25) is 0 Å². The molecule has 1 N–H and O–H groups in total. The SMILES string of the molecule is CCCCCCN[C@H]1CN(S(=O)(=O)c2cn(C)cn2)C[C@@H]1C1CCCCO1. The lowest BCUT2D eigenvalue weighted by Crippen LogP contribution is -2.43. The fraction of sp³-hybridized carbons (Fsp3) is 0.842. The van der Waals surface area contributed by atoms with Gasteiger partial charge in [-0.1, -0.05) is 26.2 Å². The monoisotopic (exact) mass is 398 g/mol. The van der Waals surface area contributed by atoms with Crippen LogP contribution in [0.4, 0.5) is 0 Å². The molecule has 1 aromatic heterocycles. The van der Waals surface area contributed by atoms with Crippen LogP contribution in [0.15, 0.2) is 17.6 Å². The molecule has 1 unspecified atom stereocenters. The Kier molecular flexibility index (Phi) is 7.30. The Labute approximate surface area is 163 Å². The highest BCUT2D eigenvalue weighted by Crippen LogP contribution is 2.31. The van der Waals surface area contributed by atoms with E-state index in [0.29, 0.717) is 13.1 Å². The van der Waals surface area contributed by atoms with Gasteiger partial charge < -0.3 is 14.6 Å². The van der Waals surface area contributed by atoms with Crippen LogP contribution in [0.5, 0.6) is 0 Å². The number of rotatable bonds is 9. The van der Waals surface area contributed by atoms with E-state index < -0.39 is 10.0 Å². The minimum absolute atomic E-state index is 0.136. The molecule has 0 radical (unpaired) electrons. The summed E-state index contributed by atoms with van der Waals surface area (Å²) in [5.41, 5.74) is 0. The molecule has 7 nitrogen and oxygen atoms in total. The van der Waals surface area contributed by atoms with Crippen molar-refractivity contribution in [3.63, 3.8) is 0 Å². The van der Waals surface area contributed by atoms with Gasteiger partial charge in [0.05, 0.1) is 12.4 Å². The second kappa shape index (κ2) is 9.49. The van der Waals surface area contributed by atoms with Gasteiger partial charge in [0.2, 0.25) is 0 Å². The Morgan fingerprint density at radius 3 is 2.78 bits per heavy atom. The van der Waals surface area contributed by atoms with Gasteiger partial charge >= 0.3 is 0 Å². The molecule has 3 atom stereocenters. The maximum Gasteiger partial charge on any atom is 0.262 e. The maximum atomic E-state index is 13.0. The number of ether oxygens (including phenoxy) is 1. The summed E-state index contributed by atoms with van der Waals surface area (Å²) in [5, 5.41) is 3.77. The van der Waals surface area contributed by atoms with Crippen molar-refractivity contribution in [2.75, 3.05) is 26.2 Å². The van der Waals surface area contributed by atoms with Crippen molar-refractivity contribution in [2.24, 2.45) is 13.0 Å². The molecule has 0 spiro atoms. The van der Waals surface area contributed by atoms with Crippen LogP contribution in [0.1, 0.15) is 51.9 Å². The fourth-order valence-corrected chi connectivity index (χ4v) is 5.65. The van der Waals surface area contributed by atoms with E-state index in [4.69, 9.17) is 4.74 Å². The molecule has 0 aromatic carbocycles. The van der Waals surface area contributed by atoms with Crippen LogP contribution in [0.2, 0.25) is 0 Å². The Bertz CT molecular complexity index is 685. The van der Waals surface area contributed by atoms with E-state index in [2.05, 4.69) is 17.2 Å². The highest BCUT2D eigenvalue weighted by Gasteiger charge is 2.43. The molecule has 2 saturated heterocycles. The molecule has 3 rings (SSSR count). The smallest absolute Gasteiger partial charge is 0.262 e. The zero-order chi connectivity index (χ0) is 19.3. The van der Waals surface area contributed by atoms with Crippen LogP contribution >= 0.6 is 0 Å². The van der Waals surface area contributed by atoms with Gasteiger partial charge in [-0.25, -0.2) is 13.4 Å². The molecular weight excluding hydrogens is 364 g/mol. The molecule has 0 aliphatic carbocycles. The number of hydrogen-bond donors (Lipinski definition) is 1. The quantitative estimate of drug-likeness (QED) is 0.645. The van der Waals surface area contributed by atoms with Crippen molar-refractivity contribution in [3.8, 4) is 0 Å². The lowest BCUT2D eigenvalue weighted by atomic mass is 9.91. The predicted octanol–water partition coefficient (Wildman–Crippen LogP) is 2.15. The van der Waals surface area contributed by atoms with E-state index in [9.17, 15) is 8.42 Å². The average Bonchev–Trinajstić information content (AvgIpc) is 3.29. The highest BCUT2D eigenvalue weighted by molar-refractivity contribution is 7.89. The lowest BCUT2D eigenvalue weighted by Gasteiger charge is -2.31. The van der Waals surface area contributed by atoms with Gasteiger partial charge in [0.1, 0.15) is 0 Å². The molecule has 1 aromatic rings. The molecule has 2 aliphatic heterocycles. The van der Waals surface area contributed by atoms with Crippen molar-refractivity contribution in [1.29, 1.82) is 0 Å². The molecule has 0 bridgehead atoms. The van der Waals surface area contributed by atoms with Gasteiger partial charge in [-0.15, -0.1) is 0 Å². The van der Waals surface area contributed by atoms with Gasteiger partial charge in [-0.2, -0.15) is 4.31 Å². The molecule has 3 heterocycles. The Morgan fingerprint density at radius 1 is 1.26 bits per heavy atom. The second-order valence-electron chi connectivity index (χ2n) is 7.89. The molecule has 154 valence electrons. The summed E-state index contributed by atoms with van der Waals surface area (Å²) in [4.78, 5) is 4.07. The molecule has 27 heavy (non-hydrogen) atoms. The molecule has 0 amide bonds. The summed E-state index contributed by atoms with van der Waals surface area (Å²) in [6.45, 7) is 4.94. The van der Waals surface area contributed by atoms with E-state index in [-0.39, 0.29) is 23.1 Å². The highest BCUT2D eigenvalue weighted by atomic mass is 32.2. The van der Waals surface area contributed by atoms with Crippen molar-refractivity contribution < 1.29 is 13.2 Å². The van der Waals surface area contributed by atoms with Gasteiger partial charge in [-0.05, 0) is 32.2 Å².